The predicted octanol–water partition coefficient (Wildman–Crippen LogP) is 2.64. The van der Waals surface area contributed by atoms with E-state index < -0.39 is 18.0 Å². The third-order valence-corrected chi connectivity index (χ3v) is 3.96. The summed E-state index contributed by atoms with van der Waals surface area (Å²) in [6, 6.07) is 6.74. The summed E-state index contributed by atoms with van der Waals surface area (Å²) in [6.07, 6.45) is 5.63. The quantitative estimate of drug-likeness (QED) is 0.838. The number of hydrogen-bond acceptors (Lipinski definition) is 5. The third kappa shape index (κ3) is 3.13. The maximum Gasteiger partial charge on any atom is 0.519 e. The highest BCUT2D eigenvalue weighted by Crippen LogP contribution is 2.33. The molecule has 1 aliphatic heterocycles. The molecule has 2 N–H and O–H groups in total. The lowest BCUT2D eigenvalue weighted by Crippen LogP contribution is -2.29. The zero-order chi connectivity index (χ0) is 17.1. The van der Waals surface area contributed by atoms with Gasteiger partial charge in [-0.05, 0) is 31.0 Å². The van der Waals surface area contributed by atoms with Gasteiger partial charge in [0.2, 0.25) is 0 Å². The van der Waals surface area contributed by atoms with Crippen molar-refractivity contribution in [1.82, 2.24) is 4.90 Å². The van der Waals surface area contributed by atoms with Crippen LogP contribution in [-0.2, 0) is 6.54 Å². The Hall–Kier alpha value is -3.14. The molecule has 1 atom stereocenters. The Balaban J connectivity index is 1.80. The molecule has 0 bridgehead atoms. The molecule has 7 nitrogen and oxygen atoms in total. The van der Waals surface area contributed by atoms with Crippen LogP contribution < -0.4 is 11.1 Å². The van der Waals surface area contributed by atoms with E-state index in [9.17, 15) is 14.7 Å². The molecule has 124 valence electrons. The third-order valence-electron chi connectivity index (χ3n) is 3.96. The zero-order valence-corrected chi connectivity index (χ0v) is 12.8. The average Bonchev–Trinajstić information content (AvgIpc) is 3.19. The highest BCUT2D eigenvalue weighted by atomic mass is 16.6. The van der Waals surface area contributed by atoms with Crippen LogP contribution in [-0.4, -0.2) is 22.6 Å². The Morgan fingerprint density at radius 1 is 1.46 bits per heavy atom. The van der Waals surface area contributed by atoms with Gasteiger partial charge in [0, 0.05) is 17.8 Å². The van der Waals surface area contributed by atoms with Gasteiger partial charge < -0.3 is 19.3 Å². The van der Waals surface area contributed by atoms with Gasteiger partial charge in [-0.3, -0.25) is 4.90 Å². The highest BCUT2D eigenvalue weighted by molar-refractivity contribution is 5.66. The smallest absolute Gasteiger partial charge is 0.465 e. The first-order valence-electron chi connectivity index (χ1n) is 7.51. The van der Waals surface area contributed by atoms with E-state index in [1.54, 1.807) is 12.1 Å². The molecule has 1 aliphatic rings. The number of carboxylic acid groups (broad SMARTS) is 1. The van der Waals surface area contributed by atoms with Crippen LogP contribution in [0.1, 0.15) is 36.0 Å². The Kier molecular flexibility index (Phi) is 4.29. The van der Waals surface area contributed by atoms with Crippen LogP contribution in [0.15, 0.2) is 37.9 Å². The molecule has 7 heteroatoms. The molecule has 1 saturated heterocycles. The van der Waals surface area contributed by atoms with Gasteiger partial charge in [-0.15, -0.1) is 6.42 Å². The molecule has 1 amide bonds. The van der Waals surface area contributed by atoms with Crippen molar-refractivity contribution in [1.29, 1.82) is 0 Å². The summed E-state index contributed by atoms with van der Waals surface area (Å²) in [5, 5.41) is 12.4. The number of rotatable bonds is 4. The van der Waals surface area contributed by atoms with E-state index in [4.69, 9.17) is 15.3 Å². The first-order chi connectivity index (χ1) is 11.6. The van der Waals surface area contributed by atoms with Gasteiger partial charge >= 0.3 is 11.9 Å². The molecule has 0 aliphatic carbocycles. The zero-order valence-electron chi connectivity index (χ0n) is 12.8. The maximum absolute atomic E-state index is 11.5. The number of hydrogen-bond donors (Lipinski definition) is 2. The lowest BCUT2D eigenvalue weighted by molar-refractivity contribution is 0.134. The lowest BCUT2D eigenvalue weighted by atomic mass is 10.1. The van der Waals surface area contributed by atoms with E-state index in [0.29, 0.717) is 25.1 Å². The van der Waals surface area contributed by atoms with Crippen LogP contribution >= 0.6 is 0 Å². The molecule has 1 aromatic heterocycles. The maximum atomic E-state index is 11.5. The first-order valence-corrected chi connectivity index (χ1v) is 7.51. The molecule has 1 unspecified atom stereocenters. The molecule has 2 aromatic rings. The number of carbonyl (C=O) groups is 1. The fourth-order valence-electron chi connectivity index (χ4n) is 2.86. The fourth-order valence-corrected chi connectivity index (χ4v) is 2.86. The Morgan fingerprint density at radius 3 is 3.04 bits per heavy atom. The molecule has 0 spiro atoms. The number of nitrogens with one attached hydrogen (secondary N) is 1. The normalized spacial score (nSPS) is 16.8. The number of terminal acetylenes is 1. The summed E-state index contributed by atoms with van der Waals surface area (Å²) in [6.45, 7) is 0.602. The van der Waals surface area contributed by atoms with Crippen molar-refractivity contribution in [2.75, 3.05) is 11.9 Å². The topological polar surface area (TPSA) is 95.9 Å². The van der Waals surface area contributed by atoms with E-state index in [0.717, 1.165) is 11.3 Å². The van der Waals surface area contributed by atoms with Gasteiger partial charge in [-0.1, -0.05) is 12.0 Å². The number of likely N-dealkylation sites (tertiary alicyclic amines) is 1. The van der Waals surface area contributed by atoms with Crippen LogP contribution in [0, 0.1) is 12.3 Å². The van der Waals surface area contributed by atoms with E-state index in [1.807, 2.05) is 12.1 Å². The molecule has 2 heterocycles. The standard InChI is InChI=1S/C17H16N2O5/c1-2-11-5-3-6-12(9-11)18-10-14-15(24-17(22)23-14)13-7-4-8-19(13)16(20)21/h1,3,5-6,9,13,18H,4,7-8,10H2,(H,20,21). The van der Waals surface area contributed by atoms with Crippen molar-refractivity contribution in [3.05, 3.63) is 52.0 Å². The second kappa shape index (κ2) is 6.54. The van der Waals surface area contributed by atoms with Crippen molar-refractivity contribution in [2.45, 2.75) is 25.4 Å². The first kappa shape index (κ1) is 15.7. The van der Waals surface area contributed by atoms with Gasteiger partial charge in [-0.25, -0.2) is 9.59 Å². The minimum absolute atomic E-state index is 0.194. The van der Waals surface area contributed by atoms with Gasteiger partial charge in [0.25, 0.3) is 0 Å². The minimum Gasteiger partial charge on any atom is -0.465 e. The van der Waals surface area contributed by atoms with Gasteiger partial charge in [0.15, 0.2) is 11.5 Å². The van der Waals surface area contributed by atoms with Crippen LogP contribution in [0.2, 0.25) is 0 Å². The van der Waals surface area contributed by atoms with Crippen LogP contribution in [0.5, 0.6) is 0 Å². The Labute approximate surface area is 137 Å². The van der Waals surface area contributed by atoms with Crippen molar-refractivity contribution in [3.63, 3.8) is 0 Å². The molecule has 0 radical (unpaired) electrons. The fraction of sp³-hybridized carbons (Fsp3) is 0.294. The lowest BCUT2D eigenvalue weighted by Gasteiger charge is -2.19. The molecule has 1 aromatic carbocycles. The molecule has 24 heavy (non-hydrogen) atoms. The second-order valence-electron chi connectivity index (χ2n) is 5.45. The minimum atomic E-state index is -1.04. The largest absolute Gasteiger partial charge is 0.519 e. The van der Waals surface area contributed by atoms with Crippen LogP contribution in [0.3, 0.4) is 0 Å². The number of nitrogens with zero attached hydrogens (tertiary/aromatic N) is 1. The summed E-state index contributed by atoms with van der Waals surface area (Å²) >= 11 is 0. The number of amides is 1. The summed E-state index contributed by atoms with van der Waals surface area (Å²) in [7, 11) is 0. The predicted molar refractivity (Wildman–Crippen MR) is 85.7 cm³/mol. The van der Waals surface area contributed by atoms with E-state index in [-0.39, 0.29) is 12.3 Å². The van der Waals surface area contributed by atoms with E-state index in [1.165, 1.54) is 4.90 Å². The average molecular weight is 328 g/mol. The number of anilines is 1. The van der Waals surface area contributed by atoms with Crippen LogP contribution in [0.25, 0.3) is 0 Å². The Bertz CT molecular complexity index is 845. The molecular formula is C17H16N2O5. The Morgan fingerprint density at radius 2 is 2.29 bits per heavy atom. The van der Waals surface area contributed by atoms with Gasteiger partial charge in [-0.2, -0.15) is 0 Å². The summed E-state index contributed by atoms with van der Waals surface area (Å²) in [5.74, 6) is 2.26. The second-order valence-corrected chi connectivity index (χ2v) is 5.45. The van der Waals surface area contributed by atoms with E-state index >= 15 is 0 Å². The molecule has 1 fully saturated rings. The monoisotopic (exact) mass is 328 g/mol. The summed E-state index contributed by atoms with van der Waals surface area (Å²) in [4.78, 5) is 24.1. The highest BCUT2D eigenvalue weighted by Gasteiger charge is 2.35. The molecule has 3 rings (SSSR count). The van der Waals surface area contributed by atoms with Crippen molar-refractivity contribution < 1.29 is 18.7 Å². The van der Waals surface area contributed by atoms with E-state index in [2.05, 4.69) is 11.2 Å². The van der Waals surface area contributed by atoms with Crippen LogP contribution in [0.4, 0.5) is 10.5 Å². The SMILES string of the molecule is C#Cc1cccc(NCc2oc(=O)oc2C2CCCN2C(=O)O)c1. The van der Waals surface area contributed by atoms with Crippen molar-refractivity contribution >= 4 is 11.8 Å². The van der Waals surface area contributed by atoms with Crippen molar-refractivity contribution in [3.8, 4) is 12.3 Å². The summed E-state index contributed by atoms with van der Waals surface area (Å²) < 4.78 is 10.2. The van der Waals surface area contributed by atoms with Gasteiger partial charge in [0.05, 0.1) is 12.6 Å². The molecular weight excluding hydrogens is 312 g/mol. The number of benzene rings is 1. The van der Waals surface area contributed by atoms with Gasteiger partial charge in [0.1, 0.15) is 0 Å². The molecule has 0 saturated carbocycles. The van der Waals surface area contributed by atoms with Crippen molar-refractivity contribution in [2.24, 2.45) is 0 Å². The summed E-state index contributed by atoms with van der Waals surface area (Å²) in [5.41, 5.74) is 1.49.